The first-order chi connectivity index (χ1) is 8.33. The van der Waals surface area contributed by atoms with Crippen LogP contribution in [-0.4, -0.2) is 5.97 Å². The molecular weight excluding hydrogens is 212 g/mol. The molecule has 0 aliphatic rings. The third-order valence-electron chi connectivity index (χ3n) is 2.40. The fourth-order valence-corrected chi connectivity index (χ4v) is 1.47. The topological polar surface area (TPSA) is 26.3 Å². The number of carbonyl (C=O) groups is 1. The predicted octanol–water partition coefficient (Wildman–Crippen LogP) is 4.12. The van der Waals surface area contributed by atoms with Crippen molar-refractivity contribution in [2.45, 2.75) is 39.0 Å². The summed E-state index contributed by atoms with van der Waals surface area (Å²) in [4.78, 5) is 11.4. The van der Waals surface area contributed by atoms with Crippen molar-refractivity contribution >= 4 is 5.97 Å². The standard InChI is InChI=1S/C15H20O2/c1-2-3-4-5-6-10-13-15(16)17-14-11-8-7-9-12-14/h6-12H,2-5,13H2,1H3. The van der Waals surface area contributed by atoms with Gasteiger partial charge in [-0.2, -0.15) is 0 Å². The third kappa shape index (κ3) is 6.56. The number of hydrogen-bond donors (Lipinski definition) is 0. The number of esters is 1. The number of ether oxygens (including phenoxy) is 1. The zero-order chi connectivity index (χ0) is 12.3. The van der Waals surface area contributed by atoms with E-state index in [1.807, 2.05) is 24.3 Å². The Morgan fingerprint density at radius 3 is 2.65 bits per heavy atom. The van der Waals surface area contributed by atoms with Crippen LogP contribution in [0, 0.1) is 0 Å². The van der Waals surface area contributed by atoms with Crippen molar-refractivity contribution < 1.29 is 9.53 Å². The molecule has 1 rings (SSSR count). The van der Waals surface area contributed by atoms with Gasteiger partial charge < -0.3 is 4.74 Å². The lowest BCUT2D eigenvalue weighted by Gasteiger charge is -2.01. The summed E-state index contributed by atoms with van der Waals surface area (Å²) >= 11 is 0. The molecule has 2 nitrogen and oxygen atoms in total. The highest BCUT2D eigenvalue weighted by Crippen LogP contribution is 2.09. The largest absolute Gasteiger partial charge is 0.426 e. The Kier molecular flexibility index (Phi) is 6.80. The Hall–Kier alpha value is -1.57. The van der Waals surface area contributed by atoms with Crippen molar-refractivity contribution in [2.75, 3.05) is 0 Å². The lowest BCUT2D eigenvalue weighted by molar-refractivity contribution is -0.133. The Morgan fingerprint density at radius 1 is 1.18 bits per heavy atom. The maximum absolute atomic E-state index is 11.4. The number of unbranched alkanes of at least 4 members (excludes halogenated alkanes) is 3. The summed E-state index contributed by atoms with van der Waals surface area (Å²) in [6, 6.07) is 9.16. The first kappa shape index (κ1) is 13.5. The molecule has 17 heavy (non-hydrogen) atoms. The van der Waals surface area contributed by atoms with Crippen molar-refractivity contribution in [1.29, 1.82) is 0 Å². The first-order valence-corrected chi connectivity index (χ1v) is 6.23. The van der Waals surface area contributed by atoms with Crippen molar-refractivity contribution in [2.24, 2.45) is 0 Å². The summed E-state index contributed by atoms with van der Waals surface area (Å²) < 4.78 is 5.15. The highest BCUT2D eigenvalue weighted by Gasteiger charge is 2.00. The molecule has 1 aromatic carbocycles. The molecule has 0 radical (unpaired) electrons. The van der Waals surface area contributed by atoms with Crippen LogP contribution in [0.2, 0.25) is 0 Å². The minimum Gasteiger partial charge on any atom is -0.426 e. The molecule has 0 saturated heterocycles. The van der Waals surface area contributed by atoms with Crippen molar-refractivity contribution in [3.63, 3.8) is 0 Å². The summed E-state index contributed by atoms with van der Waals surface area (Å²) in [7, 11) is 0. The van der Waals surface area contributed by atoms with E-state index in [1.165, 1.54) is 19.3 Å². The van der Waals surface area contributed by atoms with Gasteiger partial charge in [0, 0.05) is 0 Å². The van der Waals surface area contributed by atoms with Gasteiger partial charge in [0.05, 0.1) is 6.42 Å². The van der Waals surface area contributed by atoms with Gasteiger partial charge in [-0.1, -0.05) is 50.1 Å². The Balaban J connectivity index is 2.17. The van der Waals surface area contributed by atoms with E-state index < -0.39 is 0 Å². The number of para-hydroxylation sites is 1. The molecule has 0 aliphatic carbocycles. The summed E-state index contributed by atoms with van der Waals surface area (Å²) in [5.41, 5.74) is 0. The Morgan fingerprint density at radius 2 is 1.94 bits per heavy atom. The second kappa shape index (κ2) is 8.57. The monoisotopic (exact) mass is 232 g/mol. The van der Waals surface area contributed by atoms with Crippen molar-refractivity contribution in [3.05, 3.63) is 42.5 Å². The lowest BCUT2D eigenvalue weighted by atomic mass is 10.2. The van der Waals surface area contributed by atoms with Gasteiger partial charge in [-0.05, 0) is 25.0 Å². The smallest absolute Gasteiger partial charge is 0.315 e. The van der Waals surface area contributed by atoms with Crippen LogP contribution in [0.4, 0.5) is 0 Å². The van der Waals surface area contributed by atoms with Crippen LogP contribution >= 0.6 is 0 Å². The van der Waals surface area contributed by atoms with Gasteiger partial charge in [0.25, 0.3) is 0 Å². The molecule has 0 spiro atoms. The molecule has 0 bridgehead atoms. The first-order valence-electron chi connectivity index (χ1n) is 6.23. The van der Waals surface area contributed by atoms with Crippen LogP contribution in [0.5, 0.6) is 5.75 Å². The van der Waals surface area contributed by atoms with Crippen LogP contribution in [0.25, 0.3) is 0 Å². The second-order valence-electron chi connectivity index (χ2n) is 3.96. The van der Waals surface area contributed by atoms with Gasteiger partial charge in [-0.25, -0.2) is 0 Å². The molecular formula is C15H20O2. The molecule has 0 fully saturated rings. The summed E-state index contributed by atoms with van der Waals surface area (Å²) in [5.74, 6) is 0.403. The van der Waals surface area contributed by atoms with E-state index in [9.17, 15) is 4.79 Å². The van der Waals surface area contributed by atoms with Crippen LogP contribution < -0.4 is 4.74 Å². The fraction of sp³-hybridized carbons (Fsp3) is 0.400. The molecule has 92 valence electrons. The molecule has 2 heteroatoms. The summed E-state index contributed by atoms with van der Waals surface area (Å²) in [6.45, 7) is 2.18. The predicted molar refractivity (Wildman–Crippen MR) is 70.0 cm³/mol. The van der Waals surface area contributed by atoms with Crippen LogP contribution in [0.3, 0.4) is 0 Å². The summed E-state index contributed by atoms with van der Waals surface area (Å²) in [6.07, 6.45) is 9.01. The van der Waals surface area contributed by atoms with E-state index >= 15 is 0 Å². The third-order valence-corrected chi connectivity index (χ3v) is 2.40. The summed E-state index contributed by atoms with van der Waals surface area (Å²) in [5, 5.41) is 0. The van der Waals surface area contributed by atoms with Gasteiger partial charge >= 0.3 is 5.97 Å². The molecule has 0 N–H and O–H groups in total. The zero-order valence-electron chi connectivity index (χ0n) is 10.4. The average molecular weight is 232 g/mol. The molecule has 0 saturated carbocycles. The molecule has 0 atom stereocenters. The number of allylic oxidation sites excluding steroid dienone is 1. The molecule has 0 amide bonds. The van der Waals surface area contributed by atoms with Crippen LogP contribution in [0.15, 0.2) is 42.5 Å². The van der Waals surface area contributed by atoms with Gasteiger partial charge in [0.2, 0.25) is 0 Å². The highest BCUT2D eigenvalue weighted by atomic mass is 16.5. The molecule has 0 aromatic heterocycles. The highest BCUT2D eigenvalue weighted by molar-refractivity contribution is 5.73. The van der Waals surface area contributed by atoms with E-state index in [4.69, 9.17) is 4.74 Å². The van der Waals surface area contributed by atoms with E-state index in [-0.39, 0.29) is 5.97 Å². The van der Waals surface area contributed by atoms with Gasteiger partial charge in [-0.3, -0.25) is 4.79 Å². The number of hydrogen-bond acceptors (Lipinski definition) is 2. The van der Waals surface area contributed by atoms with E-state index in [0.29, 0.717) is 12.2 Å². The van der Waals surface area contributed by atoms with E-state index in [0.717, 1.165) is 6.42 Å². The maximum Gasteiger partial charge on any atom is 0.315 e. The quantitative estimate of drug-likeness (QED) is 0.306. The fourth-order valence-electron chi connectivity index (χ4n) is 1.47. The van der Waals surface area contributed by atoms with Gasteiger partial charge in [0.1, 0.15) is 5.75 Å². The molecule has 0 aliphatic heterocycles. The average Bonchev–Trinajstić information content (AvgIpc) is 2.35. The van der Waals surface area contributed by atoms with Crippen LogP contribution in [-0.2, 0) is 4.79 Å². The van der Waals surface area contributed by atoms with Gasteiger partial charge in [-0.15, -0.1) is 0 Å². The maximum atomic E-state index is 11.4. The number of carbonyl (C=O) groups excluding carboxylic acids is 1. The molecule has 0 unspecified atom stereocenters. The van der Waals surface area contributed by atoms with E-state index in [1.54, 1.807) is 12.1 Å². The lowest BCUT2D eigenvalue weighted by Crippen LogP contribution is -2.05. The molecule has 1 aromatic rings. The Labute approximate surface area is 103 Å². The minimum absolute atomic E-state index is 0.206. The number of benzene rings is 1. The van der Waals surface area contributed by atoms with Crippen LogP contribution in [0.1, 0.15) is 39.0 Å². The zero-order valence-corrected chi connectivity index (χ0v) is 10.4. The van der Waals surface area contributed by atoms with E-state index in [2.05, 4.69) is 13.0 Å². The Bertz CT molecular complexity index is 341. The SMILES string of the molecule is CCCCCC=CCC(=O)Oc1ccccc1. The van der Waals surface area contributed by atoms with Gasteiger partial charge in [0.15, 0.2) is 0 Å². The molecule has 0 heterocycles. The van der Waals surface area contributed by atoms with Crippen molar-refractivity contribution in [1.82, 2.24) is 0 Å². The normalized spacial score (nSPS) is 10.6. The second-order valence-corrected chi connectivity index (χ2v) is 3.96. The van der Waals surface area contributed by atoms with Crippen molar-refractivity contribution in [3.8, 4) is 5.75 Å². The minimum atomic E-state index is -0.206. The number of rotatable bonds is 7.